The van der Waals surface area contributed by atoms with Crippen molar-refractivity contribution in [1.82, 2.24) is 0 Å². The van der Waals surface area contributed by atoms with Crippen LogP contribution in [-0.4, -0.2) is 26.9 Å². The van der Waals surface area contributed by atoms with Crippen LogP contribution < -0.4 is 10.5 Å². The Morgan fingerprint density at radius 1 is 1.00 bits per heavy atom. The number of rotatable bonds is 7. The highest BCUT2D eigenvalue weighted by Crippen LogP contribution is 2.32. The third-order valence-corrected chi connectivity index (χ3v) is 6.18. The maximum absolute atomic E-state index is 12.6. The molecule has 8 nitrogen and oxygen atoms in total. The van der Waals surface area contributed by atoms with Gasteiger partial charge in [0.2, 0.25) is 10.0 Å². The van der Waals surface area contributed by atoms with E-state index in [-0.39, 0.29) is 16.1 Å². The second-order valence-corrected chi connectivity index (χ2v) is 9.05. The number of anilines is 1. The molecule has 0 heterocycles. The molecule has 0 radical (unpaired) electrons. The standard InChI is InChI=1S/C22H17N3O5S2/c23-13-15-6-1-3-10-19(15)31-20-11-4-2-9-18(20)22(27)30-14-21(26)25-16-7-5-8-17(12-16)32(24,28)29/h1-12H,14H2,(H,25,26)(H2,24,28,29). The van der Waals surface area contributed by atoms with Gasteiger partial charge in [-0.05, 0) is 42.5 Å². The molecular weight excluding hydrogens is 450 g/mol. The Morgan fingerprint density at radius 2 is 1.69 bits per heavy atom. The quantitative estimate of drug-likeness (QED) is 0.509. The van der Waals surface area contributed by atoms with Gasteiger partial charge < -0.3 is 10.1 Å². The van der Waals surface area contributed by atoms with Crippen molar-refractivity contribution in [2.45, 2.75) is 14.7 Å². The molecule has 3 aromatic rings. The first-order valence-electron chi connectivity index (χ1n) is 9.14. The van der Waals surface area contributed by atoms with Gasteiger partial charge in [-0.2, -0.15) is 5.26 Å². The Labute approximate surface area is 189 Å². The van der Waals surface area contributed by atoms with E-state index >= 15 is 0 Å². The predicted molar refractivity (Wildman–Crippen MR) is 118 cm³/mol. The summed E-state index contributed by atoms with van der Waals surface area (Å²) < 4.78 is 28.0. The van der Waals surface area contributed by atoms with E-state index in [1.54, 1.807) is 48.5 Å². The van der Waals surface area contributed by atoms with Gasteiger partial charge >= 0.3 is 5.97 Å². The van der Waals surface area contributed by atoms with Crippen LogP contribution in [0, 0.1) is 11.3 Å². The number of primary sulfonamides is 1. The number of sulfonamides is 1. The summed E-state index contributed by atoms with van der Waals surface area (Å²) in [5.41, 5.74) is 0.915. The van der Waals surface area contributed by atoms with E-state index < -0.39 is 28.5 Å². The van der Waals surface area contributed by atoms with Crippen molar-refractivity contribution < 1.29 is 22.7 Å². The van der Waals surface area contributed by atoms with Crippen molar-refractivity contribution in [2.75, 3.05) is 11.9 Å². The normalized spacial score (nSPS) is 10.8. The minimum Gasteiger partial charge on any atom is -0.452 e. The zero-order valence-corrected chi connectivity index (χ0v) is 18.2. The van der Waals surface area contributed by atoms with Gasteiger partial charge in [-0.15, -0.1) is 0 Å². The number of esters is 1. The van der Waals surface area contributed by atoms with E-state index in [1.807, 2.05) is 0 Å². The number of carbonyl (C=O) groups is 2. The third kappa shape index (κ3) is 5.95. The predicted octanol–water partition coefficient (Wildman–Crippen LogP) is 3.15. The molecule has 0 bridgehead atoms. The van der Waals surface area contributed by atoms with E-state index in [1.165, 1.54) is 36.0 Å². The molecule has 3 aromatic carbocycles. The van der Waals surface area contributed by atoms with E-state index in [0.717, 1.165) is 0 Å². The first kappa shape index (κ1) is 23.0. The number of carbonyl (C=O) groups excluding carboxylic acids is 2. The van der Waals surface area contributed by atoms with Crippen molar-refractivity contribution in [1.29, 1.82) is 5.26 Å². The molecule has 0 saturated carbocycles. The van der Waals surface area contributed by atoms with Crippen molar-refractivity contribution in [3.05, 3.63) is 83.9 Å². The molecule has 0 aliphatic heterocycles. The highest BCUT2D eigenvalue weighted by molar-refractivity contribution is 7.99. The van der Waals surface area contributed by atoms with Gasteiger partial charge in [0, 0.05) is 15.5 Å². The highest BCUT2D eigenvalue weighted by atomic mass is 32.2. The molecule has 10 heteroatoms. The summed E-state index contributed by atoms with van der Waals surface area (Å²) >= 11 is 1.24. The van der Waals surface area contributed by atoms with Gasteiger partial charge in [0.1, 0.15) is 6.07 Å². The van der Waals surface area contributed by atoms with Crippen molar-refractivity contribution >= 4 is 39.3 Å². The lowest BCUT2D eigenvalue weighted by atomic mass is 10.2. The lowest BCUT2D eigenvalue weighted by Gasteiger charge is -2.11. The Morgan fingerprint density at radius 3 is 2.41 bits per heavy atom. The fraction of sp³-hybridized carbons (Fsp3) is 0.0455. The van der Waals surface area contributed by atoms with Crippen LogP contribution in [0.5, 0.6) is 0 Å². The van der Waals surface area contributed by atoms with E-state index in [4.69, 9.17) is 9.88 Å². The largest absolute Gasteiger partial charge is 0.452 e. The zero-order valence-electron chi connectivity index (χ0n) is 16.5. The fourth-order valence-corrected chi connectivity index (χ4v) is 4.22. The number of nitrogens with two attached hydrogens (primary N) is 1. The average Bonchev–Trinajstić information content (AvgIpc) is 2.78. The number of benzene rings is 3. The van der Waals surface area contributed by atoms with E-state index in [0.29, 0.717) is 15.4 Å². The van der Waals surface area contributed by atoms with Gasteiger partial charge in [-0.3, -0.25) is 4.79 Å². The topological polar surface area (TPSA) is 139 Å². The summed E-state index contributed by atoms with van der Waals surface area (Å²) in [7, 11) is -3.92. The van der Waals surface area contributed by atoms with Gasteiger partial charge in [0.05, 0.1) is 16.0 Å². The summed E-state index contributed by atoms with van der Waals surface area (Å²) in [5.74, 6) is -1.36. The number of nitriles is 1. The Hall–Kier alpha value is -3.65. The summed E-state index contributed by atoms with van der Waals surface area (Å²) in [6.45, 7) is -0.577. The van der Waals surface area contributed by atoms with Gasteiger partial charge in [-0.1, -0.05) is 42.1 Å². The molecule has 32 heavy (non-hydrogen) atoms. The maximum atomic E-state index is 12.6. The summed E-state index contributed by atoms with van der Waals surface area (Å²) in [6.07, 6.45) is 0. The highest BCUT2D eigenvalue weighted by Gasteiger charge is 2.16. The van der Waals surface area contributed by atoms with Gasteiger partial charge in [0.25, 0.3) is 5.91 Å². The SMILES string of the molecule is N#Cc1ccccc1Sc1ccccc1C(=O)OCC(=O)Nc1cccc(S(N)(=O)=O)c1. The van der Waals surface area contributed by atoms with E-state index in [2.05, 4.69) is 11.4 Å². The van der Waals surface area contributed by atoms with Crippen LogP contribution in [0.25, 0.3) is 0 Å². The number of nitrogens with zero attached hydrogens (tertiary/aromatic N) is 1. The summed E-state index contributed by atoms with van der Waals surface area (Å²) in [6, 6.07) is 21.2. The molecule has 0 fully saturated rings. The van der Waals surface area contributed by atoms with Crippen molar-refractivity contribution in [2.24, 2.45) is 5.14 Å². The second-order valence-electron chi connectivity index (χ2n) is 6.40. The minimum atomic E-state index is -3.92. The Bertz CT molecular complexity index is 1320. The smallest absolute Gasteiger partial charge is 0.339 e. The monoisotopic (exact) mass is 467 g/mol. The molecule has 162 valence electrons. The lowest BCUT2D eigenvalue weighted by Crippen LogP contribution is -2.21. The molecule has 0 aliphatic carbocycles. The Kier molecular flexibility index (Phi) is 7.27. The molecule has 3 N–H and O–H groups in total. The number of hydrogen-bond acceptors (Lipinski definition) is 7. The number of nitrogens with one attached hydrogen (secondary N) is 1. The van der Waals surface area contributed by atoms with Crippen LogP contribution in [0.4, 0.5) is 5.69 Å². The summed E-state index contributed by atoms with van der Waals surface area (Å²) in [5, 5.41) is 16.8. The summed E-state index contributed by atoms with van der Waals surface area (Å²) in [4.78, 5) is 25.8. The molecular formula is C22H17N3O5S2. The van der Waals surface area contributed by atoms with Crippen molar-refractivity contribution in [3.63, 3.8) is 0 Å². The average molecular weight is 468 g/mol. The molecule has 0 atom stereocenters. The first-order chi connectivity index (χ1) is 15.3. The van der Waals surface area contributed by atoms with Crippen LogP contribution in [0.3, 0.4) is 0 Å². The molecule has 3 rings (SSSR count). The molecule has 0 unspecified atom stereocenters. The number of ether oxygens (including phenoxy) is 1. The fourth-order valence-electron chi connectivity index (χ4n) is 2.65. The van der Waals surface area contributed by atoms with E-state index in [9.17, 15) is 23.3 Å². The lowest BCUT2D eigenvalue weighted by molar-refractivity contribution is -0.119. The molecule has 0 aromatic heterocycles. The molecule has 0 spiro atoms. The maximum Gasteiger partial charge on any atom is 0.339 e. The molecule has 1 amide bonds. The molecule has 0 saturated heterocycles. The zero-order chi connectivity index (χ0) is 23.1. The minimum absolute atomic E-state index is 0.157. The number of amides is 1. The van der Waals surface area contributed by atoms with Crippen LogP contribution >= 0.6 is 11.8 Å². The van der Waals surface area contributed by atoms with Crippen LogP contribution in [0.1, 0.15) is 15.9 Å². The third-order valence-electron chi connectivity index (χ3n) is 4.12. The van der Waals surface area contributed by atoms with Crippen LogP contribution in [0.2, 0.25) is 0 Å². The Balaban J connectivity index is 1.67. The van der Waals surface area contributed by atoms with Gasteiger partial charge in [-0.25, -0.2) is 18.4 Å². The first-order valence-corrected chi connectivity index (χ1v) is 11.5. The van der Waals surface area contributed by atoms with Crippen LogP contribution in [0.15, 0.2) is 87.5 Å². The molecule has 0 aliphatic rings. The second kappa shape index (κ2) is 10.1. The van der Waals surface area contributed by atoms with Crippen LogP contribution in [-0.2, 0) is 19.6 Å². The van der Waals surface area contributed by atoms with Crippen molar-refractivity contribution in [3.8, 4) is 6.07 Å². The van der Waals surface area contributed by atoms with Gasteiger partial charge in [0.15, 0.2) is 6.61 Å². The number of hydrogen-bond donors (Lipinski definition) is 2.